The molecule has 1 amide bonds. The van der Waals surface area contributed by atoms with E-state index >= 15 is 0 Å². The number of likely N-dealkylation sites (tertiary alicyclic amines) is 1. The van der Waals surface area contributed by atoms with Gasteiger partial charge in [0.25, 0.3) is 0 Å². The summed E-state index contributed by atoms with van der Waals surface area (Å²) in [6.07, 6.45) is 1.55. The molecule has 2 aliphatic rings. The van der Waals surface area contributed by atoms with Gasteiger partial charge in [-0.3, -0.25) is 4.79 Å². The quantitative estimate of drug-likeness (QED) is 0.827. The van der Waals surface area contributed by atoms with Gasteiger partial charge >= 0.3 is 0 Å². The van der Waals surface area contributed by atoms with Crippen molar-refractivity contribution in [2.24, 2.45) is 11.1 Å². The van der Waals surface area contributed by atoms with Gasteiger partial charge in [-0.05, 0) is 25.0 Å². The second-order valence-electron chi connectivity index (χ2n) is 6.89. The predicted octanol–water partition coefficient (Wildman–Crippen LogP) is 1.74. The first-order chi connectivity index (χ1) is 12.0. The zero-order chi connectivity index (χ0) is 18.0. The van der Waals surface area contributed by atoms with Crippen LogP contribution in [0.5, 0.6) is 0 Å². The van der Waals surface area contributed by atoms with Crippen LogP contribution >= 0.6 is 11.6 Å². The molecule has 1 aromatic carbocycles. The summed E-state index contributed by atoms with van der Waals surface area (Å²) < 4.78 is 19.6. The van der Waals surface area contributed by atoms with E-state index in [0.29, 0.717) is 45.5 Å². The van der Waals surface area contributed by atoms with Gasteiger partial charge in [0.2, 0.25) is 5.91 Å². The Balaban J connectivity index is 1.59. The van der Waals surface area contributed by atoms with Crippen molar-refractivity contribution in [2.45, 2.75) is 37.9 Å². The Labute approximate surface area is 151 Å². The molecule has 0 bridgehead atoms. The number of aliphatic hydroxyl groups excluding tert-OH is 1. The Morgan fingerprint density at radius 3 is 2.76 bits per heavy atom. The first kappa shape index (κ1) is 18.6. The highest BCUT2D eigenvalue weighted by Crippen LogP contribution is 2.51. The minimum Gasteiger partial charge on any atom is -0.392 e. The van der Waals surface area contributed by atoms with Gasteiger partial charge in [0, 0.05) is 42.1 Å². The average Bonchev–Trinajstić information content (AvgIpc) is 2.61. The SMILES string of the molecule is NCCO[C@H]1C[C@@H](O)C12CCN(C(=O)Cc1c(F)cccc1Cl)CC2. The molecule has 1 aliphatic carbocycles. The molecular weight excluding hydrogens is 347 g/mol. The van der Waals surface area contributed by atoms with Crippen LogP contribution in [-0.2, 0) is 16.0 Å². The first-order valence-corrected chi connectivity index (χ1v) is 9.06. The van der Waals surface area contributed by atoms with E-state index in [4.69, 9.17) is 22.1 Å². The molecule has 1 saturated heterocycles. The monoisotopic (exact) mass is 370 g/mol. The molecule has 7 heteroatoms. The van der Waals surface area contributed by atoms with Gasteiger partial charge in [0.1, 0.15) is 5.82 Å². The van der Waals surface area contributed by atoms with Crippen LogP contribution in [0.2, 0.25) is 5.02 Å². The Hall–Kier alpha value is -1.21. The van der Waals surface area contributed by atoms with Crippen molar-refractivity contribution in [3.8, 4) is 0 Å². The van der Waals surface area contributed by atoms with E-state index in [1.807, 2.05) is 0 Å². The lowest BCUT2D eigenvalue weighted by atomic mass is 9.58. The minimum atomic E-state index is -0.459. The number of carbonyl (C=O) groups excluding carboxylic acids is 1. The van der Waals surface area contributed by atoms with Gasteiger partial charge in [-0.25, -0.2) is 4.39 Å². The third kappa shape index (κ3) is 3.53. The van der Waals surface area contributed by atoms with Crippen LogP contribution in [0, 0.1) is 11.2 Å². The topological polar surface area (TPSA) is 75.8 Å². The molecule has 1 heterocycles. The number of nitrogens with two attached hydrogens (primary N) is 1. The van der Waals surface area contributed by atoms with E-state index in [9.17, 15) is 14.3 Å². The van der Waals surface area contributed by atoms with E-state index in [1.165, 1.54) is 12.1 Å². The van der Waals surface area contributed by atoms with Crippen molar-refractivity contribution in [3.63, 3.8) is 0 Å². The number of ether oxygens (including phenoxy) is 1. The Morgan fingerprint density at radius 2 is 2.16 bits per heavy atom. The third-order valence-corrected chi connectivity index (χ3v) is 5.97. The molecule has 1 aromatic rings. The summed E-state index contributed by atoms with van der Waals surface area (Å²) in [6, 6.07) is 4.42. The molecular formula is C18H24ClFN2O3. The molecule has 3 N–H and O–H groups in total. The molecule has 0 aromatic heterocycles. The van der Waals surface area contributed by atoms with Crippen LogP contribution in [0.4, 0.5) is 4.39 Å². The molecule has 3 rings (SSSR count). The standard InChI is InChI=1S/C18H24ClFN2O3/c19-13-2-1-3-14(20)12(13)10-17(24)22-7-4-18(5-8-22)15(23)11-16(18)25-9-6-21/h1-3,15-16,23H,4-11,21H2/t15-,16+/m1/s1. The normalized spacial score (nSPS) is 25.0. The van der Waals surface area contributed by atoms with Crippen LogP contribution in [0.15, 0.2) is 18.2 Å². The molecule has 2 atom stereocenters. The summed E-state index contributed by atoms with van der Waals surface area (Å²) in [4.78, 5) is 14.2. The van der Waals surface area contributed by atoms with Crippen LogP contribution in [-0.4, -0.2) is 54.4 Å². The molecule has 2 fully saturated rings. The molecule has 138 valence electrons. The summed E-state index contributed by atoms with van der Waals surface area (Å²) in [5.74, 6) is -0.603. The molecule has 25 heavy (non-hydrogen) atoms. The van der Waals surface area contributed by atoms with E-state index in [2.05, 4.69) is 0 Å². The van der Waals surface area contributed by atoms with Crippen molar-refractivity contribution >= 4 is 17.5 Å². The number of halogens is 2. The maximum atomic E-state index is 13.9. The Kier molecular flexibility index (Phi) is 5.63. The fourth-order valence-electron chi connectivity index (χ4n) is 3.96. The summed E-state index contributed by atoms with van der Waals surface area (Å²) in [5.41, 5.74) is 5.45. The van der Waals surface area contributed by atoms with Gasteiger partial charge in [0.15, 0.2) is 0 Å². The summed E-state index contributed by atoms with van der Waals surface area (Å²) >= 11 is 6.01. The largest absolute Gasteiger partial charge is 0.392 e. The number of amides is 1. The highest BCUT2D eigenvalue weighted by molar-refractivity contribution is 6.31. The van der Waals surface area contributed by atoms with Crippen LogP contribution in [0.3, 0.4) is 0 Å². The van der Waals surface area contributed by atoms with Crippen LogP contribution < -0.4 is 5.73 Å². The third-order valence-electron chi connectivity index (χ3n) is 5.62. The van der Waals surface area contributed by atoms with Gasteiger partial charge in [-0.2, -0.15) is 0 Å². The summed E-state index contributed by atoms with van der Waals surface area (Å²) in [7, 11) is 0. The van der Waals surface area contributed by atoms with Crippen molar-refractivity contribution in [3.05, 3.63) is 34.6 Å². The predicted molar refractivity (Wildman–Crippen MR) is 92.8 cm³/mol. The molecule has 5 nitrogen and oxygen atoms in total. The van der Waals surface area contributed by atoms with Crippen molar-refractivity contribution in [2.75, 3.05) is 26.2 Å². The maximum Gasteiger partial charge on any atom is 0.227 e. The maximum absolute atomic E-state index is 13.9. The number of hydrogen-bond donors (Lipinski definition) is 2. The Bertz CT molecular complexity index is 614. The van der Waals surface area contributed by atoms with Crippen molar-refractivity contribution < 1.29 is 19.0 Å². The second kappa shape index (κ2) is 7.58. The van der Waals surface area contributed by atoms with Gasteiger partial charge in [-0.15, -0.1) is 0 Å². The number of aliphatic hydroxyl groups is 1. The number of rotatable bonds is 5. The van der Waals surface area contributed by atoms with Gasteiger partial charge < -0.3 is 20.5 Å². The number of piperidine rings is 1. The Morgan fingerprint density at radius 1 is 1.44 bits per heavy atom. The number of hydrogen-bond acceptors (Lipinski definition) is 4. The lowest BCUT2D eigenvalue weighted by Gasteiger charge is -2.56. The van der Waals surface area contributed by atoms with Gasteiger partial charge in [-0.1, -0.05) is 17.7 Å². The molecule has 0 radical (unpaired) electrons. The number of nitrogens with zero attached hydrogens (tertiary/aromatic N) is 1. The lowest BCUT2D eigenvalue weighted by Crippen LogP contribution is -2.63. The summed E-state index contributed by atoms with van der Waals surface area (Å²) in [6.45, 7) is 2.00. The lowest BCUT2D eigenvalue weighted by molar-refractivity contribution is -0.210. The fourth-order valence-corrected chi connectivity index (χ4v) is 4.19. The molecule has 1 spiro atoms. The molecule has 1 saturated carbocycles. The highest BCUT2D eigenvalue weighted by atomic mass is 35.5. The molecule has 0 unspecified atom stereocenters. The van der Waals surface area contributed by atoms with Gasteiger partial charge in [0.05, 0.1) is 25.2 Å². The van der Waals surface area contributed by atoms with E-state index < -0.39 is 11.9 Å². The van der Waals surface area contributed by atoms with Crippen molar-refractivity contribution in [1.82, 2.24) is 4.90 Å². The first-order valence-electron chi connectivity index (χ1n) is 8.68. The van der Waals surface area contributed by atoms with E-state index in [-0.39, 0.29) is 34.4 Å². The van der Waals surface area contributed by atoms with E-state index in [1.54, 1.807) is 11.0 Å². The fraction of sp³-hybridized carbons (Fsp3) is 0.611. The van der Waals surface area contributed by atoms with E-state index in [0.717, 1.165) is 0 Å². The summed E-state index contributed by atoms with van der Waals surface area (Å²) in [5, 5.41) is 10.5. The highest BCUT2D eigenvalue weighted by Gasteiger charge is 2.56. The minimum absolute atomic E-state index is 0.00399. The van der Waals surface area contributed by atoms with Crippen LogP contribution in [0.25, 0.3) is 0 Å². The number of benzene rings is 1. The smallest absolute Gasteiger partial charge is 0.227 e. The van der Waals surface area contributed by atoms with Crippen molar-refractivity contribution in [1.29, 1.82) is 0 Å². The average molecular weight is 371 g/mol. The zero-order valence-electron chi connectivity index (χ0n) is 14.1. The van der Waals surface area contributed by atoms with Crippen LogP contribution in [0.1, 0.15) is 24.8 Å². The zero-order valence-corrected chi connectivity index (χ0v) is 14.8. The number of carbonyl (C=O) groups is 1. The second-order valence-corrected chi connectivity index (χ2v) is 7.30. The molecule has 1 aliphatic heterocycles.